The molecule has 0 aliphatic heterocycles. The molecule has 0 radical (unpaired) electrons. The van der Waals surface area contributed by atoms with Gasteiger partial charge in [-0.2, -0.15) is 0 Å². The standard InChI is InChI=1S/C56H111NO5/c1-3-5-7-9-11-13-15-17-19-21-23-24-25-26-27-28-29-30-32-34-36-38-40-42-44-46-48-50-54(60)56(62)57-52(51-58)55(61)53(59)49-47-45-43-41-39-37-35-33-31-22-20-18-16-14-12-10-8-6-4-2/h41,43,52-55,58-61H,3-40,42,44-51H2,1-2H3,(H,57,62)/b43-41+. The van der Waals surface area contributed by atoms with Gasteiger partial charge in [0, 0.05) is 0 Å². The van der Waals surface area contributed by atoms with E-state index >= 15 is 0 Å². The topological polar surface area (TPSA) is 110 Å². The monoisotopic (exact) mass is 878 g/mol. The van der Waals surface area contributed by atoms with Crippen LogP contribution >= 0.6 is 0 Å². The summed E-state index contributed by atoms with van der Waals surface area (Å²) in [6.07, 6.45) is 60.0. The number of hydrogen-bond donors (Lipinski definition) is 5. The summed E-state index contributed by atoms with van der Waals surface area (Å²) in [6.45, 7) is 4.08. The largest absolute Gasteiger partial charge is 0.394 e. The molecule has 1 amide bonds. The number of carbonyl (C=O) groups excluding carboxylic acids is 1. The molecule has 0 saturated carbocycles. The van der Waals surface area contributed by atoms with Gasteiger partial charge in [0.1, 0.15) is 12.2 Å². The summed E-state index contributed by atoms with van der Waals surface area (Å²) < 4.78 is 0. The summed E-state index contributed by atoms with van der Waals surface area (Å²) in [5, 5.41) is 43.9. The third-order valence-corrected chi connectivity index (χ3v) is 13.5. The molecule has 62 heavy (non-hydrogen) atoms. The predicted molar refractivity (Wildman–Crippen MR) is 270 cm³/mol. The number of aliphatic hydroxyl groups excluding tert-OH is 4. The lowest BCUT2D eigenvalue weighted by molar-refractivity contribution is -0.132. The molecule has 370 valence electrons. The molecule has 0 aromatic rings. The lowest BCUT2D eigenvalue weighted by Gasteiger charge is -2.27. The third-order valence-electron chi connectivity index (χ3n) is 13.5. The maximum Gasteiger partial charge on any atom is 0.249 e. The maximum atomic E-state index is 12.6. The van der Waals surface area contributed by atoms with E-state index in [1.807, 2.05) is 0 Å². The molecule has 5 N–H and O–H groups in total. The number of allylic oxidation sites excluding steroid dienone is 2. The van der Waals surface area contributed by atoms with Gasteiger partial charge in [-0.25, -0.2) is 0 Å². The summed E-state index contributed by atoms with van der Waals surface area (Å²) in [7, 11) is 0. The molecular formula is C56H111NO5. The van der Waals surface area contributed by atoms with E-state index in [-0.39, 0.29) is 0 Å². The van der Waals surface area contributed by atoms with Crippen molar-refractivity contribution in [1.29, 1.82) is 0 Å². The highest BCUT2D eigenvalue weighted by Crippen LogP contribution is 2.18. The second kappa shape index (κ2) is 51.0. The van der Waals surface area contributed by atoms with E-state index in [9.17, 15) is 25.2 Å². The Morgan fingerprint density at radius 2 is 0.661 bits per heavy atom. The average molecular weight is 879 g/mol. The Labute approximate surface area is 387 Å². The van der Waals surface area contributed by atoms with Gasteiger partial charge in [0.2, 0.25) is 5.91 Å². The SMILES string of the molecule is CCCCCCCCCCCCCCCC/C=C/CCCC(O)C(O)C(CO)NC(=O)C(O)CCCCCCCCCCCCCCCCCCCCCCCCCCCCC. The predicted octanol–water partition coefficient (Wildman–Crippen LogP) is 16.1. The molecule has 0 heterocycles. The Balaban J connectivity index is 3.61. The molecule has 0 rings (SSSR count). The quantitative estimate of drug-likeness (QED) is 0.0309. The first-order chi connectivity index (χ1) is 30.5. The lowest BCUT2D eigenvalue weighted by atomic mass is 10.00. The first-order valence-electron chi connectivity index (χ1n) is 28.1. The molecule has 0 bridgehead atoms. The van der Waals surface area contributed by atoms with Gasteiger partial charge >= 0.3 is 0 Å². The molecule has 6 nitrogen and oxygen atoms in total. The summed E-state index contributed by atoms with van der Waals surface area (Å²) in [5.74, 6) is -0.587. The number of unbranched alkanes of at least 4 members (excludes halogenated alkanes) is 41. The van der Waals surface area contributed by atoms with Gasteiger partial charge in [-0.1, -0.05) is 283 Å². The van der Waals surface area contributed by atoms with Gasteiger partial charge < -0.3 is 25.7 Å². The van der Waals surface area contributed by atoms with Crippen molar-refractivity contribution in [2.45, 2.75) is 334 Å². The second-order valence-electron chi connectivity index (χ2n) is 19.6. The molecule has 0 aromatic carbocycles. The van der Waals surface area contributed by atoms with Gasteiger partial charge in [0.25, 0.3) is 0 Å². The van der Waals surface area contributed by atoms with Crippen molar-refractivity contribution in [2.24, 2.45) is 0 Å². The lowest BCUT2D eigenvalue weighted by Crippen LogP contribution is -2.53. The minimum absolute atomic E-state index is 0.369. The third kappa shape index (κ3) is 44.3. The van der Waals surface area contributed by atoms with Crippen LogP contribution in [0.5, 0.6) is 0 Å². The van der Waals surface area contributed by atoms with E-state index in [2.05, 4.69) is 31.3 Å². The fourth-order valence-corrected chi connectivity index (χ4v) is 9.06. The van der Waals surface area contributed by atoms with Gasteiger partial charge in [0.05, 0.1) is 18.8 Å². The molecule has 0 aliphatic carbocycles. The van der Waals surface area contributed by atoms with Crippen LogP contribution in [0.15, 0.2) is 12.2 Å². The Morgan fingerprint density at radius 3 is 0.968 bits per heavy atom. The number of nitrogens with one attached hydrogen (secondary N) is 1. The number of carbonyl (C=O) groups is 1. The van der Waals surface area contributed by atoms with Crippen molar-refractivity contribution >= 4 is 5.91 Å². The highest BCUT2D eigenvalue weighted by Gasteiger charge is 2.28. The Bertz CT molecular complexity index is 898. The zero-order valence-electron chi connectivity index (χ0n) is 41.9. The van der Waals surface area contributed by atoms with Gasteiger partial charge in [-0.15, -0.1) is 0 Å². The van der Waals surface area contributed by atoms with Crippen LogP contribution in [0.2, 0.25) is 0 Å². The van der Waals surface area contributed by atoms with Crippen molar-refractivity contribution < 1.29 is 25.2 Å². The zero-order valence-corrected chi connectivity index (χ0v) is 41.9. The number of hydrogen-bond acceptors (Lipinski definition) is 5. The Hall–Kier alpha value is -0.950. The van der Waals surface area contributed by atoms with Crippen LogP contribution in [-0.2, 0) is 4.79 Å². The van der Waals surface area contributed by atoms with Crippen molar-refractivity contribution in [3.05, 3.63) is 12.2 Å². The highest BCUT2D eigenvalue weighted by molar-refractivity contribution is 5.80. The van der Waals surface area contributed by atoms with Gasteiger partial charge in [-0.3, -0.25) is 4.79 Å². The summed E-state index contributed by atoms with van der Waals surface area (Å²) in [6, 6.07) is -0.998. The van der Waals surface area contributed by atoms with Crippen LogP contribution in [0.25, 0.3) is 0 Å². The summed E-state index contributed by atoms with van der Waals surface area (Å²) >= 11 is 0. The second-order valence-corrected chi connectivity index (χ2v) is 19.6. The van der Waals surface area contributed by atoms with E-state index in [1.54, 1.807) is 0 Å². The fraction of sp³-hybridized carbons (Fsp3) is 0.946. The van der Waals surface area contributed by atoms with Crippen LogP contribution in [-0.4, -0.2) is 57.3 Å². The Morgan fingerprint density at radius 1 is 0.387 bits per heavy atom. The number of amides is 1. The van der Waals surface area contributed by atoms with Crippen LogP contribution < -0.4 is 5.32 Å². The minimum Gasteiger partial charge on any atom is -0.394 e. The molecule has 0 aromatic heterocycles. The average Bonchev–Trinajstić information content (AvgIpc) is 3.28. The maximum absolute atomic E-state index is 12.6. The summed E-state index contributed by atoms with van der Waals surface area (Å²) in [5.41, 5.74) is 0. The number of aliphatic hydroxyl groups is 4. The molecule has 6 heteroatoms. The van der Waals surface area contributed by atoms with E-state index in [0.717, 1.165) is 38.5 Å². The van der Waals surface area contributed by atoms with Crippen molar-refractivity contribution in [3.63, 3.8) is 0 Å². The molecular weight excluding hydrogens is 767 g/mol. The first-order valence-corrected chi connectivity index (χ1v) is 28.1. The molecule has 0 spiro atoms. The zero-order chi connectivity index (χ0) is 45.2. The van der Waals surface area contributed by atoms with Gasteiger partial charge in [-0.05, 0) is 38.5 Å². The van der Waals surface area contributed by atoms with Crippen LogP contribution in [0.3, 0.4) is 0 Å². The van der Waals surface area contributed by atoms with Crippen molar-refractivity contribution in [3.8, 4) is 0 Å². The van der Waals surface area contributed by atoms with Gasteiger partial charge in [0.15, 0.2) is 0 Å². The number of rotatable bonds is 52. The smallest absolute Gasteiger partial charge is 0.249 e. The van der Waals surface area contributed by atoms with Crippen molar-refractivity contribution in [2.75, 3.05) is 6.61 Å². The van der Waals surface area contributed by atoms with E-state index in [4.69, 9.17) is 0 Å². The van der Waals surface area contributed by atoms with E-state index in [1.165, 1.54) is 244 Å². The minimum atomic E-state index is -1.28. The highest BCUT2D eigenvalue weighted by atomic mass is 16.3. The van der Waals surface area contributed by atoms with Crippen LogP contribution in [0.1, 0.15) is 309 Å². The normalized spacial score (nSPS) is 13.8. The van der Waals surface area contributed by atoms with Crippen LogP contribution in [0, 0.1) is 0 Å². The molecule has 4 atom stereocenters. The van der Waals surface area contributed by atoms with E-state index in [0.29, 0.717) is 12.8 Å². The summed E-state index contributed by atoms with van der Waals surface area (Å²) in [4.78, 5) is 12.6. The molecule has 0 aliphatic rings. The van der Waals surface area contributed by atoms with Crippen molar-refractivity contribution in [1.82, 2.24) is 5.32 Å². The molecule has 0 saturated heterocycles. The Kier molecular flexibility index (Phi) is 50.3. The first kappa shape index (κ1) is 61.0. The van der Waals surface area contributed by atoms with E-state index < -0.39 is 36.9 Å². The fourth-order valence-electron chi connectivity index (χ4n) is 9.06. The van der Waals surface area contributed by atoms with Crippen LogP contribution in [0.4, 0.5) is 0 Å². The molecule has 0 fully saturated rings. The molecule has 4 unspecified atom stereocenters.